The molecular weight excluding hydrogens is 268 g/mol. The van der Waals surface area contributed by atoms with E-state index in [1.165, 1.54) is 0 Å². The molecule has 0 fully saturated rings. The summed E-state index contributed by atoms with van der Waals surface area (Å²) >= 11 is 0. The van der Waals surface area contributed by atoms with Crippen molar-refractivity contribution in [1.82, 2.24) is 10.5 Å². The lowest BCUT2D eigenvalue weighted by molar-refractivity contribution is 0.0950. The Balaban J connectivity index is 1.92. The summed E-state index contributed by atoms with van der Waals surface area (Å²) in [4.78, 5) is 12.0. The van der Waals surface area contributed by atoms with Crippen LogP contribution < -0.4 is 5.32 Å². The molecule has 0 spiro atoms. The second kappa shape index (κ2) is 7.27. The van der Waals surface area contributed by atoms with Gasteiger partial charge in [-0.05, 0) is 31.2 Å². The summed E-state index contributed by atoms with van der Waals surface area (Å²) in [7, 11) is 0. The fourth-order valence-electron chi connectivity index (χ4n) is 1.70. The summed E-state index contributed by atoms with van der Waals surface area (Å²) in [5.74, 6) is 6.28. The molecular formula is C16H16N2O3. The van der Waals surface area contributed by atoms with Crippen molar-refractivity contribution in [2.24, 2.45) is 0 Å². The van der Waals surface area contributed by atoms with E-state index in [-0.39, 0.29) is 12.5 Å². The van der Waals surface area contributed by atoms with E-state index in [0.717, 1.165) is 5.56 Å². The predicted molar refractivity (Wildman–Crippen MR) is 77.4 cm³/mol. The molecule has 0 radical (unpaired) electrons. The molecule has 2 rings (SSSR count). The molecule has 0 bridgehead atoms. The quantitative estimate of drug-likeness (QED) is 0.837. The van der Waals surface area contributed by atoms with Gasteiger partial charge < -0.3 is 14.9 Å². The first-order valence-corrected chi connectivity index (χ1v) is 6.59. The highest BCUT2D eigenvalue weighted by molar-refractivity contribution is 5.94. The van der Waals surface area contributed by atoms with Crippen LogP contribution in [0.3, 0.4) is 0 Å². The van der Waals surface area contributed by atoms with Gasteiger partial charge in [0, 0.05) is 23.6 Å². The van der Waals surface area contributed by atoms with Crippen molar-refractivity contribution in [3.63, 3.8) is 0 Å². The smallest absolute Gasteiger partial charge is 0.251 e. The number of rotatable bonds is 4. The zero-order valence-corrected chi connectivity index (χ0v) is 11.7. The van der Waals surface area contributed by atoms with Gasteiger partial charge in [0.15, 0.2) is 0 Å². The Morgan fingerprint density at radius 3 is 2.76 bits per heavy atom. The van der Waals surface area contributed by atoms with E-state index >= 15 is 0 Å². The van der Waals surface area contributed by atoms with Crippen LogP contribution >= 0.6 is 0 Å². The Bertz CT molecular complexity index is 663. The number of aromatic nitrogens is 1. The van der Waals surface area contributed by atoms with Gasteiger partial charge in [0.25, 0.3) is 5.91 Å². The first kappa shape index (κ1) is 14.8. The fourth-order valence-corrected chi connectivity index (χ4v) is 1.70. The maximum atomic E-state index is 12.0. The summed E-state index contributed by atoms with van der Waals surface area (Å²) in [5, 5.41) is 15.2. The van der Waals surface area contributed by atoms with Crippen molar-refractivity contribution in [3.05, 3.63) is 52.9 Å². The van der Waals surface area contributed by atoms with Crippen LogP contribution in [0.4, 0.5) is 0 Å². The van der Waals surface area contributed by atoms with Crippen LogP contribution in [0.15, 0.2) is 34.9 Å². The van der Waals surface area contributed by atoms with Gasteiger partial charge in [0.1, 0.15) is 11.5 Å². The van der Waals surface area contributed by atoms with Gasteiger partial charge in [-0.25, -0.2) is 0 Å². The second-order valence-electron chi connectivity index (χ2n) is 4.46. The van der Waals surface area contributed by atoms with Gasteiger partial charge in [-0.3, -0.25) is 4.79 Å². The normalized spacial score (nSPS) is 9.81. The van der Waals surface area contributed by atoms with E-state index in [0.29, 0.717) is 30.0 Å². The first-order valence-electron chi connectivity index (χ1n) is 6.59. The molecule has 2 aromatic rings. The molecule has 1 amide bonds. The van der Waals surface area contributed by atoms with E-state index in [4.69, 9.17) is 9.63 Å². The lowest BCUT2D eigenvalue weighted by atomic mass is 10.1. The molecule has 2 N–H and O–H groups in total. The van der Waals surface area contributed by atoms with Crippen LogP contribution in [-0.4, -0.2) is 22.8 Å². The molecule has 5 nitrogen and oxygen atoms in total. The number of aryl methyl sites for hydroxylation is 1. The van der Waals surface area contributed by atoms with Crippen LogP contribution in [0.2, 0.25) is 0 Å². The average Bonchev–Trinajstić information content (AvgIpc) is 2.91. The number of carbonyl (C=O) groups is 1. The Kier molecular flexibility index (Phi) is 5.13. The minimum absolute atomic E-state index is 0.0506. The SMILES string of the molecule is Cc1cc(CNC(=O)c2ccc(C#CCCO)cc2)no1. The molecule has 0 aliphatic carbocycles. The number of hydrogen-bond acceptors (Lipinski definition) is 4. The van der Waals surface area contributed by atoms with E-state index in [2.05, 4.69) is 22.3 Å². The van der Waals surface area contributed by atoms with Crippen molar-refractivity contribution >= 4 is 5.91 Å². The van der Waals surface area contributed by atoms with E-state index in [9.17, 15) is 4.79 Å². The van der Waals surface area contributed by atoms with Gasteiger partial charge in [-0.1, -0.05) is 17.0 Å². The highest BCUT2D eigenvalue weighted by Crippen LogP contribution is 2.05. The third-order valence-electron chi connectivity index (χ3n) is 2.72. The van der Waals surface area contributed by atoms with Gasteiger partial charge >= 0.3 is 0 Å². The molecule has 1 aromatic heterocycles. The fraction of sp³-hybridized carbons (Fsp3) is 0.250. The molecule has 5 heteroatoms. The standard InChI is InChI=1S/C16H16N2O3/c1-12-10-15(18-21-12)11-17-16(20)14-7-5-13(6-8-14)4-2-3-9-19/h5-8,10,19H,3,9,11H2,1H3,(H,17,20). The van der Waals surface area contributed by atoms with Crippen LogP contribution in [0, 0.1) is 18.8 Å². The van der Waals surface area contributed by atoms with Crippen LogP contribution in [0.5, 0.6) is 0 Å². The summed E-state index contributed by atoms with van der Waals surface area (Å²) in [6.45, 7) is 2.18. The van der Waals surface area contributed by atoms with Gasteiger partial charge in [0.05, 0.1) is 13.2 Å². The predicted octanol–water partition coefficient (Wildman–Crippen LogP) is 1.65. The van der Waals surface area contributed by atoms with Crippen molar-refractivity contribution in [3.8, 4) is 11.8 Å². The molecule has 0 atom stereocenters. The topological polar surface area (TPSA) is 75.4 Å². The lowest BCUT2D eigenvalue weighted by Crippen LogP contribution is -2.22. The Hall–Kier alpha value is -2.58. The number of benzene rings is 1. The van der Waals surface area contributed by atoms with Crippen molar-refractivity contribution in [2.45, 2.75) is 19.9 Å². The van der Waals surface area contributed by atoms with Crippen LogP contribution in [-0.2, 0) is 6.54 Å². The Morgan fingerprint density at radius 1 is 1.38 bits per heavy atom. The minimum atomic E-state index is -0.175. The molecule has 108 valence electrons. The minimum Gasteiger partial charge on any atom is -0.395 e. The zero-order chi connectivity index (χ0) is 15.1. The number of nitrogens with one attached hydrogen (secondary N) is 1. The summed E-state index contributed by atoms with van der Waals surface area (Å²) < 4.78 is 4.93. The maximum Gasteiger partial charge on any atom is 0.251 e. The monoisotopic (exact) mass is 284 g/mol. The summed E-state index contributed by atoms with van der Waals surface area (Å²) in [6.07, 6.45) is 0.444. The zero-order valence-electron chi connectivity index (χ0n) is 11.7. The molecule has 0 aliphatic rings. The third kappa shape index (κ3) is 4.48. The lowest BCUT2D eigenvalue weighted by Gasteiger charge is -2.02. The molecule has 1 aromatic carbocycles. The van der Waals surface area contributed by atoms with Crippen LogP contribution in [0.1, 0.15) is 33.8 Å². The van der Waals surface area contributed by atoms with E-state index < -0.39 is 0 Å². The van der Waals surface area contributed by atoms with Crippen LogP contribution in [0.25, 0.3) is 0 Å². The number of hydrogen-bond donors (Lipinski definition) is 2. The molecule has 1 heterocycles. The Morgan fingerprint density at radius 2 is 2.14 bits per heavy atom. The van der Waals surface area contributed by atoms with Gasteiger partial charge in [-0.15, -0.1) is 0 Å². The number of nitrogens with zero attached hydrogens (tertiary/aromatic N) is 1. The molecule has 0 unspecified atom stereocenters. The van der Waals surface area contributed by atoms with Gasteiger partial charge in [0.2, 0.25) is 0 Å². The van der Waals surface area contributed by atoms with Crippen molar-refractivity contribution < 1.29 is 14.4 Å². The van der Waals surface area contributed by atoms with Gasteiger partial charge in [-0.2, -0.15) is 0 Å². The summed E-state index contributed by atoms with van der Waals surface area (Å²) in [6, 6.07) is 8.76. The number of carbonyl (C=O) groups excluding carboxylic acids is 1. The average molecular weight is 284 g/mol. The van der Waals surface area contributed by atoms with Crippen molar-refractivity contribution in [2.75, 3.05) is 6.61 Å². The molecule has 0 aliphatic heterocycles. The van der Waals surface area contributed by atoms with E-state index in [1.807, 2.05) is 0 Å². The number of amides is 1. The highest BCUT2D eigenvalue weighted by Gasteiger charge is 2.06. The molecule has 21 heavy (non-hydrogen) atoms. The molecule has 0 saturated carbocycles. The highest BCUT2D eigenvalue weighted by atomic mass is 16.5. The molecule has 0 saturated heterocycles. The second-order valence-corrected chi connectivity index (χ2v) is 4.46. The maximum absolute atomic E-state index is 12.0. The third-order valence-corrected chi connectivity index (χ3v) is 2.72. The summed E-state index contributed by atoms with van der Waals surface area (Å²) in [5.41, 5.74) is 2.06. The first-order chi connectivity index (χ1) is 10.2. The van der Waals surface area contributed by atoms with Crippen molar-refractivity contribution in [1.29, 1.82) is 0 Å². The Labute approximate surface area is 123 Å². The van der Waals surface area contributed by atoms with E-state index in [1.54, 1.807) is 37.3 Å². The largest absolute Gasteiger partial charge is 0.395 e. The number of aliphatic hydroxyl groups excluding tert-OH is 1. The number of aliphatic hydroxyl groups is 1.